The Morgan fingerprint density at radius 3 is 2.56 bits per heavy atom. The first kappa shape index (κ1) is 12.4. The zero-order valence-electron chi connectivity index (χ0n) is 9.43. The maximum Gasteiger partial charge on any atom is 0.255 e. The summed E-state index contributed by atoms with van der Waals surface area (Å²) in [6.45, 7) is 2.86. The van der Waals surface area contributed by atoms with Gasteiger partial charge in [-0.1, -0.05) is 13.3 Å². The zero-order chi connectivity index (χ0) is 12.0. The number of anilines is 3. The van der Waals surface area contributed by atoms with Crippen LogP contribution in [0.3, 0.4) is 0 Å². The standard InChI is InChI=1S/C8H17N7O/c1-3-4-5-10-6-11-7(14-9)13-8(12-6)15(2)16/h16H,3-5,9H2,1-2H3,(H2,10,11,12,13,14). The number of hydrazine groups is 1. The highest BCUT2D eigenvalue weighted by Crippen LogP contribution is 2.10. The molecule has 0 saturated carbocycles. The van der Waals surface area contributed by atoms with E-state index in [0.29, 0.717) is 5.95 Å². The lowest BCUT2D eigenvalue weighted by Crippen LogP contribution is -2.19. The van der Waals surface area contributed by atoms with Crippen LogP contribution in [-0.4, -0.2) is 33.8 Å². The van der Waals surface area contributed by atoms with E-state index < -0.39 is 0 Å². The Morgan fingerprint density at radius 1 is 1.31 bits per heavy atom. The molecule has 8 nitrogen and oxygen atoms in total. The van der Waals surface area contributed by atoms with Gasteiger partial charge in [-0.05, 0) is 6.42 Å². The van der Waals surface area contributed by atoms with Gasteiger partial charge >= 0.3 is 0 Å². The van der Waals surface area contributed by atoms with Crippen LogP contribution in [-0.2, 0) is 0 Å². The molecule has 90 valence electrons. The van der Waals surface area contributed by atoms with Crippen LogP contribution in [0.1, 0.15) is 19.8 Å². The highest BCUT2D eigenvalue weighted by atomic mass is 16.5. The number of nitrogens with zero attached hydrogens (tertiary/aromatic N) is 4. The molecule has 1 aromatic rings. The Balaban J connectivity index is 2.78. The van der Waals surface area contributed by atoms with Gasteiger partial charge in [0.1, 0.15) is 0 Å². The first-order chi connectivity index (χ1) is 7.67. The molecule has 0 bridgehead atoms. The van der Waals surface area contributed by atoms with Gasteiger partial charge in [0.15, 0.2) is 0 Å². The number of hydrogen-bond acceptors (Lipinski definition) is 8. The smallest absolute Gasteiger partial charge is 0.255 e. The van der Waals surface area contributed by atoms with Crippen LogP contribution in [0.5, 0.6) is 0 Å². The maximum atomic E-state index is 9.22. The number of nitrogen functional groups attached to an aromatic ring is 1. The Kier molecular flexibility index (Phi) is 4.67. The molecule has 0 unspecified atom stereocenters. The van der Waals surface area contributed by atoms with Gasteiger partial charge in [-0.3, -0.25) is 10.6 Å². The summed E-state index contributed by atoms with van der Waals surface area (Å²) >= 11 is 0. The molecule has 0 amide bonds. The molecule has 0 fully saturated rings. The molecule has 0 spiro atoms. The molecular formula is C8H17N7O. The van der Waals surface area contributed by atoms with Gasteiger partial charge in [0, 0.05) is 13.6 Å². The minimum absolute atomic E-state index is 0.127. The van der Waals surface area contributed by atoms with E-state index in [0.717, 1.165) is 24.4 Å². The Morgan fingerprint density at radius 2 is 2.00 bits per heavy atom. The minimum Gasteiger partial charge on any atom is -0.354 e. The number of hydrogen-bond donors (Lipinski definition) is 4. The van der Waals surface area contributed by atoms with Crippen molar-refractivity contribution in [2.45, 2.75) is 19.8 Å². The molecular weight excluding hydrogens is 210 g/mol. The Labute approximate surface area is 93.8 Å². The second-order valence-corrected chi connectivity index (χ2v) is 3.23. The van der Waals surface area contributed by atoms with Crippen LogP contribution >= 0.6 is 0 Å². The zero-order valence-corrected chi connectivity index (χ0v) is 9.43. The van der Waals surface area contributed by atoms with Gasteiger partial charge in [0.2, 0.25) is 11.9 Å². The second-order valence-electron chi connectivity index (χ2n) is 3.23. The van der Waals surface area contributed by atoms with E-state index in [1.54, 1.807) is 0 Å². The minimum atomic E-state index is 0.127. The van der Waals surface area contributed by atoms with E-state index in [4.69, 9.17) is 5.84 Å². The highest BCUT2D eigenvalue weighted by molar-refractivity contribution is 5.41. The van der Waals surface area contributed by atoms with E-state index >= 15 is 0 Å². The van der Waals surface area contributed by atoms with Crippen molar-refractivity contribution in [1.82, 2.24) is 15.0 Å². The lowest BCUT2D eigenvalue weighted by molar-refractivity contribution is 0.272. The molecule has 16 heavy (non-hydrogen) atoms. The van der Waals surface area contributed by atoms with Gasteiger partial charge in [0.05, 0.1) is 0 Å². The van der Waals surface area contributed by atoms with Crippen LogP contribution in [0.4, 0.5) is 17.8 Å². The molecule has 0 aliphatic rings. The third-order valence-electron chi connectivity index (χ3n) is 1.86. The monoisotopic (exact) mass is 227 g/mol. The quantitative estimate of drug-likeness (QED) is 0.309. The van der Waals surface area contributed by atoms with Crippen molar-refractivity contribution in [2.24, 2.45) is 5.84 Å². The number of hydroxylamine groups is 1. The molecule has 0 aliphatic heterocycles. The molecule has 0 saturated heterocycles. The van der Waals surface area contributed by atoms with Crippen molar-refractivity contribution < 1.29 is 5.21 Å². The fourth-order valence-corrected chi connectivity index (χ4v) is 1.03. The van der Waals surface area contributed by atoms with Crippen molar-refractivity contribution in [2.75, 3.05) is 29.4 Å². The predicted molar refractivity (Wildman–Crippen MR) is 61.2 cm³/mol. The fourth-order valence-electron chi connectivity index (χ4n) is 1.03. The molecule has 1 heterocycles. The molecule has 0 radical (unpaired) electrons. The lowest BCUT2D eigenvalue weighted by atomic mass is 10.3. The Bertz CT molecular complexity index is 330. The molecule has 0 aromatic carbocycles. The van der Waals surface area contributed by atoms with Gasteiger partial charge in [-0.15, -0.1) is 0 Å². The largest absolute Gasteiger partial charge is 0.354 e. The van der Waals surface area contributed by atoms with Crippen molar-refractivity contribution in [3.8, 4) is 0 Å². The molecule has 0 atom stereocenters. The molecule has 1 rings (SSSR count). The van der Waals surface area contributed by atoms with Gasteiger partial charge in [0.25, 0.3) is 5.95 Å². The lowest BCUT2D eigenvalue weighted by Gasteiger charge is -2.11. The van der Waals surface area contributed by atoms with Crippen molar-refractivity contribution in [1.29, 1.82) is 0 Å². The number of nitrogens with two attached hydrogens (primary N) is 1. The predicted octanol–water partition coefficient (Wildman–Crippen LogP) is 0.195. The summed E-state index contributed by atoms with van der Waals surface area (Å²) in [5.41, 5.74) is 2.31. The van der Waals surface area contributed by atoms with E-state index in [1.807, 2.05) is 0 Å². The van der Waals surface area contributed by atoms with Crippen LogP contribution in [0, 0.1) is 0 Å². The van der Waals surface area contributed by atoms with Crippen molar-refractivity contribution in [3.63, 3.8) is 0 Å². The first-order valence-corrected chi connectivity index (χ1v) is 5.06. The third kappa shape index (κ3) is 3.48. The van der Waals surface area contributed by atoms with Gasteiger partial charge in [-0.25, -0.2) is 10.9 Å². The number of nitrogens with one attached hydrogen (secondary N) is 2. The van der Waals surface area contributed by atoms with Gasteiger partial charge < -0.3 is 5.32 Å². The number of rotatable bonds is 6. The van der Waals surface area contributed by atoms with Crippen LogP contribution < -0.4 is 21.6 Å². The van der Waals surface area contributed by atoms with E-state index in [1.165, 1.54) is 7.05 Å². The van der Waals surface area contributed by atoms with Crippen LogP contribution in [0.25, 0.3) is 0 Å². The van der Waals surface area contributed by atoms with E-state index in [2.05, 4.69) is 32.6 Å². The summed E-state index contributed by atoms with van der Waals surface area (Å²) in [7, 11) is 1.42. The van der Waals surface area contributed by atoms with Crippen LogP contribution in [0.15, 0.2) is 0 Å². The van der Waals surface area contributed by atoms with Crippen molar-refractivity contribution >= 4 is 17.8 Å². The average Bonchev–Trinajstić information content (AvgIpc) is 2.29. The van der Waals surface area contributed by atoms with E-state index in [-0.39, 0.29) is 11.9 Å². The maximum absolute atomic E-state index is 9.22. The topological polar surface area (TPSA) is 112 Å². The summed E-state index contributed by atoms with van der Waals surface area (Å²) in [5, 5.41) is 13.0. The van der Waals surface area contributed by atoms with Gasteiger partial charge in [-0.2, -0.15) is 15.0 Å². The molecule has 8 heteroatoms. The van der Waals surface area contributed by atoms with E-state index in [9.17, 15) is 5.21 Å². The first-order valence-electron chi connectivity index (χ1n) is 5.06. The summed E-state index contributed by atoms with van der Waals surface area (Å²) < 4.78 is 0. The van der Waals surface area contributed by atoms with Crippen LogP contribution in [0.2, 0.25) is 0 Å². The fraction of sp³-hybridized carbons (Fsp3) is 0.625. The molecule has 5 N–H and O–H groups in total. The number of aromatic nitrogens is 3. The average molecular weight is 227 g/mol. The van der Waals surface area contributed by atoms with Crippen molar-refractivity contribution in [3.05, 3.63) is 0 Å². The third-order valence-corrected chi connectivity index (χ3v) is 1.86. The SMILES string of the molecule is CCCCNc1nc(NN)nc(N(C)O)n1. The molecule has 1 aromatic heterocycles. The highest BCUT2D eigenvalue weighted by Gasteiger charge is 2.07. The second kappa shape index (κ2) is 6.03. The summed E-state index contributed by atoms with van der Waals surface area (Å²) in [4.78, 5) is 11.9. The summed E-state index contributed by atoms with van der Waals surface area (Å²) in [6, 6.07) is 0. The Hall–Kier alpha value is -1.67. The summed E-state index contributed by atoms with van der Waals surface area (Å²) in [5.74, 6) is 5.92. The molecule has 0 aliphatic carbocycles. The number of unbranched alkanes of at least 4 members (excludes halogenated alkanes) is 1. The summed E-state index contributed by atoms with van der Waals surface area (Å²) in [6.07, 6.45) is 2.09. The normalized spacial score (nSPS) is 10.0.